The van der Waals surface area contributed by atoms with Gasteiger partial charge in [-0.05, 0) is 37.0 Å². The van der Waals surface area contributed by atoms with E-state index in [-0.39, 0.29) is 6.42 Å². The zero-order valence-electron chi connectivity index (χ0n) is 12.4. The van der Waals surface area contributed by atoms with Crippen molar-refractivity contribution in [3.8, 4) is 5.75 Å². The van der Waals surface area contributed by atoms with Gasteiger partial charge in [0.05, 0.1) is 17.6 Å². The van der Waals surface area contributed by atoms with Crippen LogP contribution in [0.15, 0.2) is 18.3 Å². The maximum absolute atomic E-state index is 10.6. The van der Waals surface area contributed by atoms with Crippen molar-refractivity contribution in [1.29, 1.82) is 0 Å². The minimum atomic E-state index is -0.741. The number of aromatic nitrogens is 1. The molecule has 0 bridgehead atoms. The summed E-state index contributed by atoms with van der Waals surface area (Å²) in [5.41, 5.74) is 2.26. The summed E-state index contributed by atoms with van der Waals surface area (Å²) in [6, 6.07) is 3.88. The molecular weight excluding hydrogens is 290 g/mol. The van der Waals surface area contributed by atoms with Crippen LogP contribution in [0, 0.1) is 0 Å². The molecule has 114 valence electrons. The molecule has 0 unspecified atom stereocenters. The van der Waals surface area contributed by atoms with Gasteiger partial charge in [-0.15, -0.1) is 0 Å². The first-order chi connectivity index (χ1) is 10.1. The van der Waals surface area contributed by atoms with E-state index < -0.39 is 5.97 Å². The average Bonchev–Trinajstić information content (AvgIpc) is 2.83. The first-order valence-electron chi connectivity index (χ1n) is 7.14. The van der Waals surface area contributed by atoms with Crippen LogP contribution in [0.1, 0.15) is 31.7 Å². The van der Waals surface area contributed by atoms with E-state index in [1.165, 1.54) is 5.56 Å². The van der Waals surface area contributed by atoms with Crippen molar-refractivity contribution in [3.05, 3.63) is 28.9 Å². The summed E-state index contributed by atoms with van der Waals surface area (Å²) in [6.07, 6.45) is 4.74. The number of aryl methyl sites for hydroxylation is 2. The van der Waals surface area contributed by atoms with Gasteiger partial charge in [0, 0.05) is 24.5 Å². The zero-order valence-corrected chi connectivity index (χ0v) is 13.1. The van der Waals surface area contributed by atoms with Gasteiger partial charge in [0.15, 0.2) is 0 Å². The average molecular weight is 310 g/mol. The number of nitrogens with zero attached hydrogens (tertiary/aromatic N) is 1. The van der Waals surface area contributed by atoms with E-state index in [2.05, 4.69) is 17.7 Å². The summed E-state index contributed by atoms with van der Waals surface area (Å²) >= 11 is 6.43. The lowest BCUT2D eigenvalue weighted by atomic mass is 10.1. The van der Waals surface area contributed by atoms with Gasteiger partial charge in [0.1, 0.15) is 5.75 Å². The summed E-state index contributed by atoms with van der Waals surface area (Å²) in [4.78, 5) is 10.6. The number of ether oxygens (including phenoxy) is 1. The van der Waals surface area contributed by atoms with E-state index in [1.807, 2.05) is 12.1 Å². The predicted octanol–water partition coefficient (Wildman–Crippen LogP) is 4.12. The van der Waals surface area contributed by atoms with Gasteiger partial charge in [-0.3, -0.25) is 4.79 Å². The summed E-state index contributed by atoms with van der Waals surface area (Å²) < 4.78 is 7.43. The molecule has 0 aliphatic rings. The highest BCUT2D eigenvalue weighted by molar-refractivity contribution is 6.37. The first-order valence-corrected chi connectivity index (χ1v) is 7.52. The Hall–Kier alpha value is -1.68. The Bertz CT molecular complexity index is 648. The van der Waals surface area contributed by atoms with Crippen LogP contribution in [0.2, 0.25) is 5.02 Å². The predicted molar refractivity (Wildman–Crippen MR) is 84.4 cm³/mol. The van der Waals surface area contributed by atoms with Gasteiger partial charge >= 0.3 is 5.97 Å². The third kappa shape index (κ3) is 3.32. The monoisotopic (exact) mass is 309 g/mol. The molecule has 1 N–H and O–H groups in total. The Labute approximate surface area is 129 Å². The second-order valence-corrected chi connectivity index (χ2v) is 5.41. The highest BCUT2D eigenvalue weighted by Gasteiger charge is 2.14. The van der Waals surface area contributed by atoms with Crippen molar-refractivity contribution < 1.29 is 14.6 Å². The third-order valence-electron chi connectivity index (χ3n) is 3.67. The van der Waals surface area contributed by atoms with Gasteiger partial charge in [-0.1, -0.05) is 18.5 Å². The highest BCUT2D eigenvalue weighted by Crippen LogP contribution is 2.36. The van der Waals surface area contributed by atoms with Crippen LogP contribution in [0.4, 0.5) is 0 Å². The zero-order chi connectivity index (χ0) is 15.4. The van der Waals surface area contributed by atoms with E-state index in [4.69, 9.17) is 21.4 Å². The van der Waals surface area contributed by atoms with Gasteiger partial charge in [0.25, 0.3) is 0 Å². The number of benzene rings is 1. The number of aliphatic carboxylic acids is 1. The fraction of sp³-hybridized carbons (Fsp3) is 0.438. The summed E-state index contributed by atoms with van der Waals surface area (Å²) in [6.45, 7) is 2.89. The number of carboxylic acid groups (broad SMARTS) is 1. The Morgan fingerprint density at radius 2 is 2.14 bits per heavy atom. The molecule has 4 nitrogen and oxygen atoms in total. The number of fused-ring (bicyclic) bond motifs is 1. The fourth-order valence-corrected chi connectivity index (χ4v) is 2.94. The molecule has 21 heavy (non-hydrogen) atoms. The maximum atomic E-state index is 10.6. The number of carbonyl (C=O) groups is 1. The highest BCUT2D eigenvalue weighted by atomic mass is 35.5. The summed E-state index contributed by atoms with van der Waals surface area (Å²) in [7, 11) is 1.61. The number of hydrogen-bond acceptors (Lipinski definition) is 2. The summed E-state index contributed by atoms with van der Waals surface area (Å²) in [5.74, 6) is -0.0584. The number of hydrogen-bond donors (Lipinski definition) is 1. The van der Waals surface area contributed by atoms with Crippen LogP contribution < -0.4 is 4.74 Å². The van der Waals surface area contributed by atoms with Crippen LogP contribution >= 0.6 is 11.6 Å². The molecule has 1 heterocycles. The van der Waals surface area contributed by atoms with Crippen molar-refractivity contribution in [1.82, 2.24) is 4.57 Å². The molecule has 2 aromatic rings. The second kappa shape index (κ2) is 6.85. The van der Waals surface area contributed by atoms with Gasteiger partial charge in [-0.2, -0.15) is 0 Å². The lowest BCUT2D eigenvalue weighted by molar-refractivity contribution is -0.137. The van der Waals surface area contributed by atoms with E-state index in [0.29, 0.717) is 17.2 Å². The first kappa shape index (κ1) is 15.7. The van der Waals surface area contributed by atoms with E-state index in [9.17, 15) is 4.79 Å². The molecule has 0 aliphatic heterocycles. The van der Waals surface area contributed by atoms with Crippen LogP contribution in [0.25, 0.3) is 10.9 Å². The minimum absolute atomic E-state index is 0.217. The Morgan fingerprint density at radius 3 is 2.76 bits per heavy atom. The van der Waals surface area contributed by atoms with Gasteiger partial charge < -0.3 is 14.4 Å². The maximum Gasteiger partial charge on any atom is 0.303 e. The molecule has 0 saturated heterocycles. The number of halogens is 1. The Morgan fingerprint density at radius 1 is 1.38 bits per heavy atom. The van der Waals surface area contributed by atoms with Crippen LogP contribution in [0.5, 0.6) is 5.75 Å². The van der Waals surface area contributed by atoms with E-state index in [1.54, 1.807) is 7.11 Å². The smallest absolute Gasteiger partial charge is 0.303 e. The Kier molecular flexibility index (Phi) is 5.12. The minimum Gasteiger partial charge on any atom is -0.495 e. The molecule has 0 amide bonds. The third-order valence-corrected chi connectivity index (χ3v) is 4.04. The second-order valence-electron chi connectivity index (χ2n) is 5.03. The van der Waals surface area contributed by atoms with Crippen molar-refractivity contribution in [2.45, 2.75) is 39.2 Å². The lowest BCUT2D eigenvalue weighted by Gasteiger charge is -2.07. The largest absolute Gasteiger partial charge is 0.495 e. The van der Waals surface area contributed by atoms with Crippen LogP contribution in [0.3, 0.4) is 0 Å². The number of methoxy groups -OCH3 is 1. The normalized spacial score (nSPS) is 11.0. The standard InChI is InChI=1S/C16H20ClNO3/c1-3-11-10-18(9-5-4-6-14(19)20)12-7-8-13(21-2)16(17)15(11)12/h7-8,10H,3-6,9H2,1-2H3,(H,19,20). The Balaban J connectivity index is 2.28. The van der Waals surface area contributed by atoms with Crippen molar-refractivity contribution in [2.24, 2.45) is 0 Å². The summed E-state index contributed by atoms with van der Waals surface area (Å²) in [5, 5.41) is 10.4. The molecule has 0 fully saturated rings. The molecule has 0 atom stereocenters. The van der Waals surface area contributed by atoms with Crippen LogP contribution in [-0.4, -0.2) is 22.8 Å². The SMILES string of the molecule is CCc1cn(CCCCC(=O)O)c2ccc(OC)c(Cl)c12. The molecule has 1 aromatic heterocycles. The van der Waals surface area contributed by atoms with Gasteiger partial charge in [-0.25, -0.2) is 0 Å². The number of rotatable bonds is 7. The molecule has 0 saturated carbocycles. The topological polar surface area (TPSA) is 51.5 Å². The molecule has 5 heteroatoms. The molecule has 0 aliphatic carbocycles. The van der Waals surface area contributed by atoms with Crippen LogP contribution in [-0.2, 0) is 17.8 Å². The van der Waals surface area contributed by atoms with Crippen molar-refractivity contribution in [3.63, 3.8) is 0 Å². The molecule has 0 radical (unpaired) electrons. The molecule has 2 rings (SSSR count). The van der Waals surface area contributed by atoms with Crippen molar-refractivity contribution >= 4 is 28.5 Å². The molecular formula is C16H20ClNO3. The van der Waals surface area contributed by atoms with E-state index >= 15 is 0 Å². The molecule has 1 aromatic carbocycles. The van der Waals surface area contributed by atoms with Gasteiger partial charge in [0.2, 0.25) is 0 Å². The lowest BCUT2D eigenvalue weighted by Crippen LogP contribution is -1.99. The number of carboxylic acids is 1. The van der Waals surface area contributed by atoms with E-state index in [0.717, 1.165) is 30.3 Å². The number of unbranched alkanes of at least 4 members (excludes halogenated alkanes) is 1. The quantitative estimate of drug-likeness (QED) is 0.783. The van der Waals surface area contributed by atoms with Crippen molar-refractivity contribution in [2.75, 3.05) is 7.11 Å². The fourth-order valence-electron chi connectivity index (χ4n) is 2.58. The molecule has 0 spiro atoms.